The lowest BCUT2D eigenvalue weighted by atomic mass is 9.83. The minimum atomic E-state index is -1.33. The van der Waals surface area contributed by atoms with Gasteiger partial charge in [0.2, 0.25) is 0 Å². The molecule has 0 spiro atoms. The van der Waals surface area contributed by atoms with Crippen LogP contribution in [0.4, 0.5) is 0 Å². The lowest BCUT2D eigenvalue weighted by Gasteiger charge is -2.32. The predicted molar refractivity (Wildman–Crippen MR) is 109 cm³/mol. The van der Waals surface area contributed by atoms with Gasteiger partial charge in [0.1, 0.15) is 18.3 Å². The Bertz CT molecular complexity index is 911. The first kappa shape index (κ1) is 20.0. The largest absolute Gasteiger partial charge is 0.378 e. The van der Waals surface area contributed by atoms with E-state index in [1.165, 1.54) is 6.33 Å². The van der Waals surface area contributed by atoms with Gasteiger partial charge >= 0.3 is 0 Å². The molecule has 1 saturated heterocycles. The van der Waals surface area contributed by atoms with Crippen LogP contribution in [0.15, 0.2) is 61.2 Å². The summed E-state index contributed by atoms with van der Waals surface area (Å²) in [5.74, 6) is 0. The van der Waals surface area contributed by atoms with Crippen LogP contribution in [0.1, 0.15) is 36.0 Å². The summed E-state index contributed by atoms with van der Waals surface area (Å²) >= 11 is 6.07. The van der Waals surface area contributed by atoms with Crippen LogP contribution in [-0.2, 0) is 28.2 Å². The van der Waals surface area contributed by atoms with Crippen LogP contribution in [0, 0.1) is 0 Å². The SMILES string of the molecule is OC(Cn1cncn1)(c1ccc(Cl)cc1)c1ccccc1COC1CCCCO1. The summed E-state index contributed by atoms with van der Waals surface area (Å²) in [6, 6.07) is 15.0. The maximum absolute atomic E-state index is 11.9. The number of benzene rings is 2. The number of aliphatic hydroxyl groups is 1. The summed E-state index contributed by atoms with van der Waals surface area (Å²) in [6.45, 7) is 1.30. The highest BCUT2D eigenvalue weighted by Gasteiger charge is 2.35. The molecular formula is C22H24ClN3O3. The van der Waals surface area contributed by atoms with Crippen molar-refractivity contribution in [1.82, 2.24) is 14.8 Å². The topological polar surface area (TPSA) is 69.4 Å². The minimum Gasteiger partial charge on any atom is -0.378 e. The molecule has 1 fully saturated rings. The monoisotopic (exact) mass is 413 g/mol. The third-order valence-corrected chi connectivity index (χ3v) is 5.46. The van der Waals surface area contributed by atoms with Gasteiger partial charge in [-0.05, 0) is 48.1 Å². The van der Waals surface area contributed by atoms with E-state index in [9.17, 15) is 5.11 Å². The Hall–Kier alpha value is -2.25. The Labute approximate surface area is 175 Å². The number of nitrogens with zero attached hydrogens (tertiary/aromatic N) is 3. The number of ether oxygens (including phenoxy) is 2. The molecule has 0 bridgehead atoms. The van der Waals surface area contributed by atoms with Gasteiger partial charge in [0, 0.05) is 11.6 Å². The molecular weight excluding hydrogens is 390 g/mol. The van der Waals surface area contributed by atoms with Gasteiger partial charge in [-0.3, -0.25) is 0 Å². The van der Waals surface area contributed by atoms with E-state index >= 15 is 0 Å². The average Bonchev–Trinajstić information content (AvgIpc) is 3.26. The van der Waals surface area contributed by atoms with Gasteiger partial charge < -0.3 is 14.6 Å². The lowest BCUT2D eigenvalue weighted by molar-refractivity contribution is -0.169. The van der Waals surface area contributed by atoms with Crippen LogP contribution in [0.5, 0.6) is 0 Å². The second kappa shape index (κ2) is 9.05. The predicted octanol–water partition coefficient (Wildman–Crippen LogP) is 3.91. The molecule has 0 amide bonds. The van der Waals surface area contributed by atoms with E-state index in [4.69, 9.17) is 21.1 Å². The molecule has 4 rings (SSSR count). The van der Waals surface area contributed by atoms with Crippen LogP contribution in [0.25, 0.3) is 0 Å². The van der Waals surface area contributed by atoms with E-state index in [1.54, 1.807) is 23.1 Å². The van der Waals surface area contributed by atoms with E-state index in [0.29, 0.717) is 11.6 Å². The molecule has 2 aromatic carbocycles. The third-order valence-electron chi connectivity index (χ3n) is 5.20. The van der Waals surface area contributed by atoms with Crippen molar-refractivity contribution < 1.29 is 14.6 Å². The standard InChI is InChI=1S/C22H24ClN3O3/c23-19-10-8-18(9-11-19)22(27,14-26-16-24-15-25-26)20-6-2-1-5-17(20)13-29-21-7-3-4-12-28-21/h1-2,5-6,8-11,15-16,21,27H,3-4,7,12-14H2. The van der Waals surface area contributed by atoms with E-state index in [0.717, 1.165) is 42.6 Å². The van der Waals surface area contributed by atoms with Crippen molar-refractivity contribution in [1.29, 1.82) is 0 Å². The Balaban J connectivity index is 1.67. The number of hydrogen-bond donors (Lipinski definition) is 1. The minimum absolute atomic E-state index is 0.198. The highest BCUT2D eigenvalue weighted by atomic mass is 35.5. The summed E-state index contributed by atoms with van der Waals surface area (Å²) in [5, 5.41) is 16.7. The van der Waals surface area contributed by atoms with E-state index < -0.39 is 5.60 Å². The van der Waals surface area contributed by atoms with Crippen LogP contribution < -0.4 is 0 Å². The maximum Gasteiger partial charge on any atom is 0.158 e. The van der Waals surface area contributed by atoms with Gasteiger partial charge in [-0.15, -0.1) is 0 Å². The molecule has 1 aliphatic rings. The Morgan fingerprint density at radius 3 is 2.72 bits per heavy atom. The lowest BCUT2D eigenvalue weighted by Crippen LogP contribution is -2.34. The molecule has 7 heteroatoms. The van der Waals surface area contributed by atoms with Crippen molar-refractivity contribution in [2.75, 3.05) is 6.61 Å². The van der Waals surface area contributed by atoms with Crippen molar-refractivity contribution >= 4 is 11.6 Å². The van der Waals surface area contributed by atoms with Crippen LogP contribution in [-0.4, -0.2) is 32.8 Å². The molecule has 0 saturated carbocycles. The molecule has 1 aromatic heterocycles. The smallest absolute Gasteiger partial charge is 0.158 e. The van der Waals surface area contributed by atoms with Crippen molar-refractivity contribution in [3.8, 4) is 0 Å². The summed E-state index contributed by atoms with van der Waals surface area (Å²) < 4.78 is 13.3. The van der Waals surface area contributed by atoms with Gasteiger partial charge in [-0.1, -0.05) is 48.0 Å². The molecule has 1 aliphatic heterocycles. The molecule has 29 heavy (non-hydrogen) atoms. The second-order valence-electron chi connectivity index (χ2n) is 7.22. The van der Waals surface area contributed by atoms with E-state index in [-0.39, 0.29) is 12.8 Å². The third kappa shape index (κ3) is 4.67. The average molecular weight is 414 g/mol. The molecule has 0 radical (unpaired) electrons. The first-order chi connectivity index (χ1) is 14.1. The van der Waals surface area contributed by atoms with Crippen molar-refractivity contribution in [2.24, 2.45) is 0 Å². The fraction of sp³-hybridized carbons (Fsp3) is 0.364. The molecule has 6 nitrogen and oxygen atoms in total. The van der Waals surface area contributed by atoms with Gasteiger partial charge in [-0.2, -0.15) is 5.10 Å². The highest BCUT2D eigenvalue weighted by Crippen LogP contribution is 2.35. The van der Waals surface area contributed by atoms with Gasteiger partial charge in [0.25, 0.3) is 0 Å². The quantitative estimate of drug-likeness (QED) is 0.636. The van der Waals surface area contributed by atoms with Crippen LogP contribution >= 0.6 is 11.6 Å². The molecule has 0 aliphatic carbocycles. The molecule has 3 aromatic rings. The zero-order valence-corrected chi connectivity index (χ0v) is 16.8. The van der Waals surface area contributed by atoms with Crippen molar-refractivity contribution in [2.45, 2.75) is 44.3 Å². The molecule has 2 heterocycles. The Morgan fingerprint density at radius 2 is 2.00 bits per heavy atom. The van der Waals surface area contributed by atoms with Gasteiger partial charge in [0.05, 0.1) is 13.2 Å². The molecule has 152 valence electrons. The molecule has 1 N–H and O–H groups in total. The zero-order chi connectivity index (χ0) is 20.1. The number of hydrogen-bond acceptors (Lipinski definition) is 5. The molecule has 2 atom stereocenters. The summed E-state index contributed by atoms with van der Waals surface area (Å²) in [4.78, 5) is 4.01. The molecule has 2 unspecified atom stereocenters. The van der Waals surface area contributed by atoms with Crippen LogP contribution in [0.3, 0.4) is 0 Å². The van der Waals surface area contributed by atoms with Crippen LogP contribution in [0.2, 0.25) is 5.02 Å². The van der Waals surface area contributed by atoms with E-state index in [1.807, 2.05) is 36.4 Å². The first-order valence-electron chi connectivity index (χ1n) is 9.77. The summed E-state index contributed by atoms with van der Waals surface area (Å²) in [6.07, 6.45) is 5.92. The number of rotatable bonds is 7. The summed E-state index contributed by atoms with van der Waals surface area (Å²) in [7, 11) is 0. The first-order valence-corrected chi connectivity index (χ1v) is 10.2. The normalized spacial score (nSPS) is 19.0. The van der Waals surface area contributed by atoms with Crippen molar-refractivity contribution in [3.63, 3.8) is 0 Å². The second-order valence-corrected chi connectivity index (χ2v) is 7.66. The zero-order valence-electron chi connectivity index (χ0n) is 16.1. The highest BCUT2D eigenvalue weighted by molar-refractivity contribution is 6.30. The fourth-order valence-corrected chi connectivity index (χ4v) is 3.81. The number of aromatic nitrogens is 3. The fourth-order valence-electron chi connectivity index (χ4n) is 3.68. The Morgan fingerprint density at radius 1 is 1.17 bits per heavy atom. The Kier molecular flexibility index (Phi) is 6.25. The van der Waals surface area contributed by atoms with Crippen molar-refractivity contribution in [3.05, 3.63) is 82.9 Å². The summed E-state index contributed by atoms with van der Waals surface area (Å²) in [5.41, 5.74) is 1.05. The van der Waals surface area contributed by atoms with E-state index in [2.05, 4.69) is 10.1 Å². The van der Waals surface area contributed by atoms with Gasteiger partial charge in [0.15, 0.2) is 6.29 Å². The van der Waals surface area contributed by atoms with Gasteiger partial charge in [-0.25, -0.2) is 9.67 Å². The maximum atomic E-state index is 11.9. The number of halogens is 1.